The molecule has 1 N–H and O–H groups in total. The van der Waals surface area contributed by atoms with Crippen molar-refractivity contribution in [2.24, 2.45) is 0 Å². The summed E-state index contributed by atoms with van der Waals surface area (Å²) in [6.45, 7) is 3.94. The molecule has 0 aromatic carbocycles. The van der Waals surface area contributed by atoms with E-state index in [4.69, 9.17) is 9.47 Å². The minimum Gasteiger partial charge on any atom is -0.462 e. The normalized spacial score (nSPS) is 13.2. The fourth-order valence-corrected chi connectivity index (χ4v) is 5.07. The van der Waals surface area contributed by atoms with Crippen LogP contribution in [0.15, 0.2) is 97.2 Å². The van der Waals surface area contributed by atoms with Gasteiger partial charge in [-0.25, -0.2) is 0 Å². The van der Waals surface area contributed by atoms with Crippen LogP contribution in [0, 0.1) is 0 Å². The molecule has 51 heavy (non-hydrogen) atoms. The number of carbonyl (C=O) groups is 2. The Bertz CT molecular complexity index is 1030. The summed E-state index contributed by atoms with van der Waals surface area (Å²) < 4.78 is 10.6. The Morgan fingerprint density at radius 3 is 1.35 bits per heavy atom. The topological polar surface area (TPSA) is 72.8 Å². The van der Waals surface area contributed by atoms with E-state index < -0.39 is 6.10 Å². The maximum atomic E-state index is 12.2. The summed E-state index contributed by atoms with van der Waals surface area (Å²) in [6.07, 6.45) is 57.6. The van der Waals surface area contributed by atoms with E-state index in [1.54, 1.807) is 0 Å². The van der Waals surface area contributed by atoms with Crippen molar-refractivity contribution in [2.45, 2.75) is 168 Å². The number of esters is 2. The Morgan fingerprint density at radius 1 is 0.471 bits per heavy atom. The van der Waals surface area contributed by atoms with Gasteiger partial charge in [-0.05, 0) is 89.9 Å². The largest absolute Gasteiger partial charge is 0.462 e. The van der Waals surface area contributed by atoms with Crippen LogP contribution in [-0.4, -0.2) is 36.4 Å². The van der Waals surface area contributed by atoms with Crippen LogP contribution in [0.25, 0.3) is 0 Å². The molecular weight excluding hydrogens is 633 g/mol. The number of aliphatic hydroxyl groups is 1. The molecule has 1 atom stereocenters. The maximum absolute atomic E-state index is 12.2. The Morgan fingerprint density at radius 2 is 0.863 bits per heavy atom. The van der Waals surface area contributed by atoms with Crippen molar-refractivity contribution in [3.05, 3.63) is 97.2 Å². The minimum absolute atomic E-state index is 0.0993. The van der Waals surface area contributed by atoms with E-state index in [1.807, 2.05) is 0 Å². The van der Waals surface area contributed by atoms with Crippen molar-refractivity contribution in [1.82, 2.24) is 0 Å². The summed E-state index contributed by atoms with van der Waals surface area (Å²) in [5.74, 6) is -0.680. The Labute approximate surface area is 313 Å². The van der Waals surface area contributed by atoms with Crippen LogP contribution in [0.2, 0.25) is 0 Å². The molecule has 0 fully saturated rings. The lowest BCUT2D eigenvalue weighted by Gasteiger charge is -2.15. The molecule has 0 aliphatic carbocycles. The molecule has 0 bridgehead atoms. The molecule has 0 heterocycles. The highest BCUT2D eigenvalue weighted by atomic mass is 16.6. The highest BCUT2D eigenvalue weighted by Crippen LogP contribution is 2.10. The van der Waals surface area contributed by atoms with Crippen molar-refractivity contribution in [2.75, 3.05) is 13.2 Å². The zero-order valence-corrected chi connectivity index (χ0v) is 32.6. The smallest absolute Gasteiger partial charge is 0.306 e. The van der Waals surface area contributed by atoms with Gasteiger partial charge >= 0.3 is 11.9 Å². The maximum Gasteiger partial charge on any atom is 0.306 e. The van der Waals surface area contributed by atoms with Gasteiger partial charge in [0, 0.05) is 12.8 Å². The standard InChI is InChI=1S/C46H74O5/c1-3-5-7-9-11-13-15-17-19-20-21-22-23-24-25-26-27-29-31-33-35-37-39-41-46(49)51-44(42-47)43-50-45(48)40-38-36-34-32-30-28-18-16-14-12-10-8-6-4-2/h5,7,11,13,16-19,21-22,24-25,27,29,33,35,44,47H,3-4,6,8-10,12,14-15,20,23,26,28,30-32,34,36-43H2,1-2H3/b7-5-,13-11-,18-16-,19-17-,22-21-,25-24-,29-27-,35-33-. The first-order valence-electron chi connectivity index (χ1n) is 20.3. The molecule has 0 saturated carbocycles. The van der Waals surface area contributed by atoms with E-state index in [0.29, 0.717) is 12.8 Å². The number of allylic oxidation sites excluding steroid dienone is 16. The van der Waals surface area contributed by atoms with E-state index in [2.05, 4.69) is 111 Å². The molecule has 0 aromatic heterocycles. The number of unbranched alkanes of at least 4 members (excludes halogenated alkanes) is 11. The van der Waals surface area contributed by atoms with Gasteiger partial charge in [-0.1, -0.05) is 156 Å². The average molecular weight is 707 g/mol. The quantitative estimate of drug-likeness (QED) is 0.0403. The molecule has 0 aliphatic heterocycles. The molecule has 0 saturated heterocycles. The van der Waals surface area contributed by atoms with Crippen molar-refractivity contribution in [1.29, 1.82) is 0 Å². The van der Waals surface area contributed by atoms with E-state index >= 15 is 0 Å². The second-order valence-corrected chi connectivity index (χ2v) is 13.0. The molecule has 5 nitrogen and oxygen atoms in total. The van der Waals surface area contributed by atoms with Crippen LogP contribution in [0.5, 0.6) is 0 Å². The summed E-state index contributed by atoms with van der Waals surface area (Å²) in [6, 6.07) is 0. The SMILES string of the molecule is CC/C=C\C/C=C\C/C=C\C/C=C\C/C=C\C/C=C\C/C=C\CCCC(=O)OC(CO)COC(=O)CCCCCCC/C=C\CCCCCCC. The molecule has 5 heteroatoms. The third kappa shape index (κ3) is 39.5. The second-order valence-electron chi connectivity index (χ2n) is 13.0. The lowest BCUT2D eigenvalue weighted by molar-refractivity contribution is -0.161. The molecule has 1 unspecified atom stereocenters. The average Bonchev–Trinajstić information content (AvgIpc) is 3.13. The summed E-state index contributed by atoms with van der Waals surface area (Å²) >= 11 is 0. The third-order valence-electron chi connectivity index (χ3n) is 8.11. The lowest BCUT2D eigenvalue weighted by atomic mass is 10.1. The molecule has 0 amide bonds. The molecule has 0 rings (SSSR count). The van der Waals surface area contributed by atoms with E-state index in [0.717, 1.165) is 77.0 Å². The van der Waals surface area contributed by atoms with Crippen LogP contribution < -0.4 is 0 Å². The van der Waals surface area contributed by atoms with Crippen LogP contribution in [0.3, 0.4) is 0 Å². The number of carbonyl (C=O) groups excluding carboxylic acids is 2. The molecule has 0 spiro atoms. The van der Waals surface area contributed by atoms with Gasteiger partial charge in [-0.2, -0.15) is 0 Å². The van der Waals surface area contributed by atoms with E-state index in [1.165, 1.54) is 51.4 Å². The van der Waals surface area contributed by atoms with Gasteiger partial charge in [-0.3, -0.25) is 9.59 Å². The molecular formula is C46H74O5. The third-order valence-corrected chi connectivity index (χ3v) is 8.11. The molecule has 0 radical (unpaired) electrons. The number of rotatable bonds is 35. The summed E-state index contributed by atoms with van der Waals surface area (Å²) in [4.78, 5) is 24.2. The van der Waals surface area contributed by atoms with Crippen LogP contribution in [0.1, 0.15) is 162 Å². The fourth-order valence-electron chi connectivity index (χ4n) is 5.07. The fraction of sp³-hybridized carbons (Fsp3) is 0.609. The van der Waals surface area contributed by atoms with Crippen LogP contribution in [0.4, 0.5) is 0 Å². The second kappa shape index (κ2) is 41.2. The van der Waals surface area contributed by atoms with Gasteiger partial charge in [-0.15, -0.1) is 0 Å². The summed E-state index contributed by atoms with van der Waals surface area (Å²) in [5.41, 5.74) is 0. The van der Waals surface area contributed by atoms with Crippen molar-refractivity contribution >= 4 is 11.9 Å². The van der Waals surface area contributed by atoms with Crippen molar-refractivity contribution in [3.63, 3.8) is 0 Å². The van der Waals surface area contributed by atoms with Gasteiger partial charge in [0.25, 0.3) is 0 Å². The highest BCUT2D eigenvalue weighted by Gasteiger charge is 2.15. The van der Waals surface area contributed by atoms with Gasteiger partial charge in [0.15, 0.2) is 6.10 Å². The number of ether oxygens (including phenoxy) is 2. The Hall–Kier alpha value is -3.18. The predicted octanol–water partition coefficient (Wildman–Crippen LogP) is 12.9. The number of aliphatic hydroxyl groups excluding tert-OH is 1. The number of hydrogen-bond donors (Lipinski definition) is 1. The zero-order valence-electron chi connectivity index (χ0n) is 32.6. The van der Waals surface area contributed by atoms with Gasteiger partial charge in [0.1, 0.15) is 6.61 Å². The van der Waals surface area contributed by atoms with Crippen LogP contribution in [-0.2, 0) is 19.1 Å². The van der Waals surface area contributed by atoms with Gasteiger partial charge in [0.2, 0.25) is 0 Å². The molecule has 0 aromatic rings. The summed E-state index contributed by atoms with van der Waals surface area (Å²) in [5, 5.41) is 9.55. The number of hydrogen-bond acceptors (Lipinski definition) is 5. The van der Waals surface area contributed by atoms with Gasteiger partial charge in [0.05, 0.1) is 6.61 Å². The summed E-state index contributed by atoms with van der Waals surface area (Å²) in [7, 11) is 0. The highest BCUT2D eigenvalue weighted by molar-refractivity contribution is 5.70. The minimum atomic E-state index is -0.811. The van der Waals surface area contributed by atoms with Crippen molar-refractivity contribution in [3.8, 4) is 0 Å². The van der Waals surface area contributed by atoms with Crippen LogP contribution >= 0.6 is 0 Å². The molecule has 0 aliphatic rings. The Kier molecular flexibility index (Phi) is 38.7. The Balaban J connectivity index is 3.74. The first-order valence-corrected chi connectivity index (χ1v) is 20.3. The molecule has 288 valence electrons. The monoisotopic (exact) mass is 707 g/mol. The first kappa shape index (κ1) is 47.8. The van der Waals surface area contributed by atoms with E-state index in [-0.39, 0.29) is 31.6 Å². The predicted molar refractivity (Wildman–Crippen MR) is 219 cm³/mol. The van der Waals surface area contributed by atoms with Gasteiger partial charge < -0.3 is 14.6 Å². The van der Waals surface area contributed by atoms with Crippen molar-refractivity contribution < 1.29 is 24.2 Å². The first-order chi connectivity index (χ1) is 25.1. The van der Waals surface area contributed by atoms with E-state index in [9.17, 15) is 14.7 Å². The zero-order chi connectivity index (χ0) is 37.1. The lowest BCUT2D eigenvalue weighted by Crippen LogP contribution is -2.28.